The molecule has 0 amide bonds. The molecule has 2 N–H and O–H groups in total. The third kappa shape index (κ3) is 4.10. The van der Waals surface area contributed by atoms with E-state index in [-0.39, 0.29) is 6.04 Å². The molecule has 1 unspecified atom stereocenters. The van der Waals surface area contributed by atoms with Crippen molar-refractivity contribution in [2.45, 2.75) is 38.3 Å². The number of halogens is 1. The molecule has 4 heteroatoms. The second-order valence-electron chi connectivity index (χ2n) is 5.37. The van der Waals surface area contributed by atoms with E-state index in [4.69, 9.17) is 22.1 Å². The second-order valence-corrected chi connectivity index (χ2v) is 5.81. The summed E-state index contributed by atoms with van der Waals surface area (Å²) >= 11 is 6.17. The van der Waals surface area contributed by atoms with Crippen LogP contribution in [-0.4, -0.2) is 32.3 Å². The molecule has 0 spiro atoms. The van der Waals surface area contributed by atoms with Crippen molar-refractivity contribution in [3.63, 3.8) is 0 Å². The first kappa shape index (κ1) is 14.6. The quantitative estimate of drug-likeness (QED) is 0.836. The molecule has 0 aromatic heterocycles. The van der Waals surface area contributed by atoms with Gasteiger partial charge in [0.1, 0.15) is 0 Å². The summed E-state index contributed by atoms with van der Waals surface area (Å²) in [5.74, 6) is 0. The Labute approximate surface area is 120 Å². The van der Waals surface area contributed by atoms with Crippen molar-refractivity contribution >= 4 is 17.3 Å². The lowest BCUT2D eigenvalue weighted by atomic mass is 10.0. The van der Waals surface area contributed by atoms with Crippen molar-refractivity contribution in [1.29, 1.82) is 0 Å². The van der Waals surface area contributed by atoms with Gasteiger partial charge in [-0.3, -0.25) is 0 Å². The first-order valence-electron chi connectivity index (χ1n) is 6.91. The summed E-state index contributed by atoms with van der Waals surface area (Å²) in [5, 5.41) is 0.784. The topological polar surface area (TPSA) is 38.5 Å². The van der Waals surface area contributed by atoms with E-state index >= 15 is 0 Å². The van der Waals surface area contributed by atoms with Crippen LogP contribution in [0.4, 0.5) is 5.69 Å². The fourth-order valence-electron chi connectivity index (χ4n) is 2.40. The molecule has 1 aliphatic carbocycles. The van der Waals surface area contributed by atoms with Crippen LogP contribution in [0, 0.1) is 0 Å². The summed E-state index contributed by atoms with van der Waals surface area (Å²) in [6, 6.07) is 6.91. The summed E-state index contributed by atoms with van der Waals surface area (Å²) in [7, 11) is 1.74. The molecule has 1 aromatic rings. The molecule has 0 aliphatic heterocycles. The fraction of sp³-hybridized carbons (Fsp3) is 0.600. The van der Waals surface area contributed by atoms with Gasteiger partial charge in [-0.1, -0.05) is 17.7 Å². The SMILES string of the molecule is COCCN(c1cc(Cl)ccc1CC(C)N)C1CC1. The maximum absolute atomic E-state index is 6.17. The standard InChI is InChI=1S/C15H23ClN2O/c1-11(17)9-12-3-4-13(16)10-15(12)18(7-8-19-2)14-5-6-14/h3-4,10-11,14H,5-9,17H2,1-2H3. The van der Waals surface area contributed by atoms with E-state index in [2.05, 4.69) is 17.0 Å². The van der Waals surface area contributed by atoms with Crippen LogP contribution >= 0.6 is 11.6 Å². The zero-order valence-corrected chi connectivity index (χ0v) is 12.5. The lowest BCUT2D eigenvalue weighted by molar-refractivity contribution is 0.205. The maximum atomic E-state index is 6.17. The Hall–Kier alpha value is -0.770. The second kappa shape index (κ2) is 6.60. The van der Waals surface area contributed by atoms with Gasteiger partial charge in [0.2, 0.25) is 0 Å². The highest BCUT2D eigenvalue weighted by molar-refractivity contribution is 6.30. The summed E-state index contributed by atoms with van der Waals surface area (Å²) in [6.45, 7) is 3.68. The third-order valence-electron chi connectivity index (χ3n) is 3.42. The number of hydrogen-bond donors (Lipinski definition) is 1. The minimum atomic E-state index is 0.156. The molecule has 2 rings (SSSR count). The number of methoxy groups -OCH3 is 1. The predicted octanol–water partition coefficient (Wildman–Crippen LogP) is 2.84. The van der Waals surface area contributed by atoms with E-state index in [1.807, 2.05) is 13.0 Å². The van der Waals surface area contributed by atoms with Crippen LogP contribution in [0.3, 0.4) is 0 Å². The summed E-state index contributed by atoms with van der Waals surface area (Å²) in [4.78, 5) is 2.42. The maximum Gasteiger partial charge on any atom is 0.0637 e. The fourth-order valence-corrected chi connectivity index (χ4v) is 2.57. The highest BCUT2D eigenvalue weighted by Gasteiger charge is 2.30. The van der Waals surface area contributed by atoms with E-state index in [0.717, 1.165) is 24.6 Å². The van der Waals surface area contributed by atoms with Gasteiger partial charge in [0.15, 0.2) is 0 Å². The average molecular weight is 283 g/mol. The van der Waals surface area contributed by atoms with Crippen molar-refractivity contribution in [2.75, 3.05) is 25.2 Å². The van der Waals surface area contributed by atoms with Crippen molar-refractivity contribution in [3.8, 4) is 0 Å². The van der Waals surface area contributed by atoms with E-state index in [1.165, 1.54) is 24.1 Å². The minimum absolute atomic E-state index is 0.156. The van der Waals surface area contributed by atoms with Crippen LogP contribution in [0.5, 0.6) is 0 Å². The molecule has 0 saturated heterocycles. The van der Waals surface area contributed by atoms with Gasteiger partial charge in [0.25, 0.3) is 0 Å². The first-order valence-corrected chi connectivity index (χ1v) is 7.29. The molecular weight excluding hydrogens is 260 g/mol. The molecule has 0 heterocycles. The Morgan fingerprint density at radius 3 is 2.79 bits per heavy atom. The van der Waals surface area contributed by atoms with Crippen molar-refractivity contribution in [1.82, 2.24) is 0 Å². The van der Waals surface area contributed by atoms with Crippen molar-refractivity contribution < 1.29 is 4.74 Å². The first-order chi connectivity index (χ1) is 9.11. The Morgan fingerprint density at radius 1 is 1.47 bits per heavy atom. The monoisotopic (exact) mass is 282 g/mol. The number of nitrogens with zero attached hydrogens (tertiary/aromatic N) is 1. The molecule has 1 saturated carbocycles. The lowest BCUT2D eigenvalue weighted by Gasteiger charge is -2.27. The van der Waals surface area contributed by atoms with Gasteiger partial charge >= 0.3 is 0 Å². The van der Waals surface area contributed by atoms with Crippen LogP contribution < -0.4 is 10.6 Å². The number of rotatable bonds is 7. The van der Waals surface area contributed by atoms with Crippen molar-refractivity contribution in [2.24, 2.45) is 5.73 Å². The number of ether oxygens (including phenoxy) is 1. The van der Waals surface area contributed by atoms with E-state index in [0.29, 0.717) is 6.04 Å². The van der Waals surface area contributed by atoms with Gasteiger partial charge in [-0.05, 0) is 43.9 Å². The highest BCUT2D eigenvalue weighted by atomic mass is 35.5. The molecular formula is C15H23ClN2O. The number of anilines is 1. The lowest BCUT2D eigenvalue weighted by Crippen LogP contribution is -2.31. The van der Waals surface area contributed by atoms with Gasteiger partial charge in [-0.25, -0.2) is 0 Å². The summed E-state index contributed by atoms with van der Waals surface area (Å²) in [5.41, 5.74) is 8.45. The molecule has 1 aliphatic rings. The van der Waals surface area contributed by atoms with Gasteiger partial charge < -0.3 is 15.4 Å². The Bertz CT molecular complexity index is 419. The van der Waals surface area contributed by atoms with Gasteiger partial charge in [0, 0.05) is 36.4 Å². The Balaban J connectivity index is 2.25. The molecule has 3 nitrogen and oxygen atoms in total. The van der Waals surface area contributed by atoms with Crippen LogP contribution in [0.1, 0.15) is 25.3 Å². The van der Waals surface area contributed by atoms with E-state index < -0.39 is 0 Å². The average Bonchev–Trinajstić information content (AvgIpc) is 3.17. The summed E-state index contributed by atoms with van der Waals surface area (Å²) in [6.07, 6.45) is 3.39. The third-order valence-corrected chi connectivity index (χ3v) is 3.66. The van der Waals surface area contributed by atoms with Gasteiger partial charge in [0.05, 0.1) is 6.61 Å². The van der Waals surface area contributed by atoms with E-state index in [9.17, 15) is 0 Å². The molecule has 1 atom stereocenters. The van der Waals surface area contributed by atoms with Crippen LogP contribution in [-0.2, 0) is 11.2 Å². The number of hydrogen-bond acceptors (Lipinski definition) is 3. The van der Waals surface area contributed by atoms with Crippen molar-refractivity contribution in [3.05, 3.63) is 28.8 Å². The summed E-state index contributed by atoms with van der Waals surface area (Å²) < 4.78 is 5.22. The number of nitrogens with two attached hydrogens (primary N) is 1. The highest BCUT2D eigenvalue weighted by Crippen LogP contribution is 2.35. The molecule has 0 bridgehead atoms. The minimum Gasteiger partial charge on any atom is -0.383 e. The van der Waals surface area contributed by atoms with Crippen LogP contribution in [0.2, 0.25) is 5.02 Å². The molecule has 1 fully saturated rings. The zero-order chi connectivity index (χ0) is 13.8. The van der Waals surface area contributed by atoms with Crippen LogP contribution in [0.25, 0.3) is 0 Å². The Kier molecular flexibility index (Phi) is 5.08. The normalized spacial score (nSPS) is 16.4. The van der Waals surface area contributed by atoms with Gasteiger partial charge in [-0.15, -0.1) is 0 Å². The Morgan fingerprint density at radius 2 is 2.21 bits per heavy atom. The molecule has 1 aromatic carbocycles. The largest absolute Gasteiger partial charge is 0.383 e. The molecule has 0 radical (unpaired) electrons. The predicted molar refractivity (Wildman–Crippen MR) is 81.0 cm³/mol. The molecule has 106 valence electrons. The van der Waals surface area contributed by atoms with E-state index in [1.54, 1.807) is 7.11 Å². The number of benzene rings is 1. The zero-order valence-electron chi connectivity index (χ0n) is 11.7. The van der Waals surface area contributed by atoms with Gasteiger partial charge in [-0.2, -0.15) is 0 Å². The molecule has 19 heavy (non-hydrogen) atoms. The van der Waals surface area contributed by atoms with Crippen LogP contribution in [0.15, 0.2) is 18.2 Å². The smallest absolute Gasteiger partial charge is 0.0637 e.